The van der Waals surface area contributed by atoms with Crippen LogP contribution in [-0.2, 0) is 22.1 Å². The summed E-state index contributed by atoms with van der Waals surface area (Å²) in [7, 11) is -2.67. The van der Waals surface area contributed by atoms with Crippen LogP contribution in [0.25, 0.3) is 11.4 Å². The van der Waals surface area contributed by atoms with Crippen LogP contribution in [0.1, 0.15) is 11.1 Å². The maximum Gasteiger partial charge on any atom is 0.230 e. The first-order valence-corrected chi connectivity index (χ1v) is 12.4. The van der Waals surface area contributed by atoms with Crippen LogP contribution in [0.2, 0.25) is 0 Å². The molecule has 4 aromatic rings. The number of halogens is 1. The van der Waals surface area contributed by atoms with Crippen LogP contribution in [-0.4, -0.2) is 25.4 Å². The number of anilines is 3. The van der Waals surface area contributed by atoms with Crippen LogP contribution in [0.15, 0.2) is 73.1 Å². The molecular weight excluding hydrogens is 455 g/mol. The summed E-state index contributed by atoms with van der Waals surface area (Å²) in [4.78, 5) is 12.8. The van der Waals surface area contributed by atoms with Gasteiger partial charge in [0.25, 0.3) is 0 Å². The van der Waals surface area contributed by atoms with Gasteiger partial charge in [-0.05, 0) is 47.5 Å². The van der Waals surface area contributed by atoms with Crippen LogP contribution in [0.3, 0.4) is 0 Å². The number of aromatic nitrogens is 3. The summed E-state index contributed by atoms with van der Waals surface area (Å²) < 4.78 is 39.3. The summed E-state index contributed by atoms with van der Waals surface area (Å²) in [5.74, 6) is 0.566. The summed E-state index contributed by atoms with van der Waals surface area (Å²) in [5, 5.41) is 3.09. The van der Waals surface area contributed by atoms with Gasteiger partial charge < -0.3 is 15.8 Å². The molecule has 0 amide bonds. The predicted molar refractivity (Wildman–Crippen MR) is 131 cm³/mol. The first-order chi connectivity index (χ1) is 16.2. The average molecular weight is 479 g/mol. The number of benzene rings is 3. The van der Waals surface area contributed by atoms with Crippen molar-refractivity contribution in [1.29, 1.82) is 4.78 Å². The van der Waals surface area contributed by atoms with E-state index in [1.165, 1.54) is 24.7 Å². The van der Waals surface area contributed by atoms with Gasteiger partial charge in [-0.1, -0.05) is 24.3 Å². The zero-order valence-corrected chi connectivity index (χ0v) is 19.2. The van der Waals surface area contributed by atoms with Crippen molar-refractivity contribution in [2.45, 2.75) is 12.4 Å². The highest BCUT2D eigenvalue weighted by molar-refractivity contribution is 7.90. The van der Waals surface area contributed by atoms with Crippen molar-refractivity contribution in [2.75, 3.05) is 17.3 Å². The van der Waals surface area contributed by atoms with Crippen LogP contribution in [0.5, 0.6) is 5.75 Å². The SMILES string of the molecule is CS(=N)(=O)Cc1cccc(Nc2ncnc(-c3ccc(F)cc3OCc3cccc(N)c3)n2)c1. The van der Waals surface area contributed by atoms with Gasteiger partial charge in [-0.15, -0.1) is 0 Å². The van der Waals surface area contributed by atoms with Gasteiger partial charge in [0.05, 0.1) is 11.3 Å². The number of nitrogens with one attached hydrogen (secondary N) is 2. The van der Waals surface area contributed by atoms with Crippen LogP contribution in [0, 0.1) is 10.6 Å². The number of hydrogen-bond donors (Lipinski definition) is 3. The predicted octanol–water partition coefficient (Wildman–Crippen LogP) is 4.76. The minimum Gasteiger partial charge on any atom is -0.488 e. The Balaban J connectivity index is 1.57. The van der Waals surface area contributed by atoms with Gasteiger partial charge >= 0.3 is 0 Å². The molecule has 1 unspecified atom stereocenters. The van der Waals surface area contributed by atoms with Crippen molar-refractivity contribution in [1.82, 2.24) is 15.0 Å². The lowest BCUT2D eigenvalue weighted by molar-refractivity contribution is 0.306. The first-order valence-electron chi connectivity index (χ1n) is 10.3. The monoisotopic (exact) mass is 478 g/mol. The fourth-order valence-electron chi connectivity index (χ4n) is 3.32. The second-order valence-electron chi connectivity index (χ2n) is 7.78. The van der Waals surface area contributed by atoms with E-state index in [2.05, 4.69) is 20.3 Å². The Labute approximate surface area is 197 Å². The molecule has 8 nitrogen and oxygen atoms in total. The van der Waals surface area contributed by atoms with Gasteiger partial charge in [0.2, 0.25) is 5.95 Å². The second-order valence-corrected chi connectivity index (χ2v) is 10.1. The third-order valence-electron chi connectivity index (χ3n) is 4.73. The highest BCUT2D eigenvalue weighted by atomic mass is 32.2. The van der Waals surface area contributed by atoms with Crippen LogP contribution < -0.4 is 15.8 Å². The topological polar surface area (TPSA) is 127 Å². The van der Waals surface area contributed by atoms with Gasteiger partial charge in [-0.2, -0.15) is 4.98 Å². The second kappa shape index (κ2) is 9.84. The molecule has 10 heteroatoms. The Morgan fingerprint density at radius 2 is 1.85 bits per heavy atom. The number of nitrogens with two attached hydrogens (primary N) is 1. The highest BCUT2D eigenvalue weighted by Crippen LogP contribution is 2.30. The molecule has 4 rings (SSSR count). The van der Waals surface area contributed by atoms with Gasteiger partial charge in [0, 0.05) is 33.4 Å². The molecule has 174 valence electrons. The van der Waals surface area contributed by atoms with Gasteiger partial charge in [0.15, 0.2) is 5.82 Å². The van der Waals surface area contributed by atoms with Crippen molar-refractivity contribution < 1.29 is 13.3 Å². The van der Waals surface area contributed by atoms with Crippen molar-refractivity contribution in [3.8, 4) is 17.1 Å². The molecule has 0 saturated carbocycles. The number of rotatable bonds is 8. The molecule has 0 aliphatic heterocycles. The third kappa shape index (κ3) is 6.26. The summed E-state index contributed by atoms with van der Waals surface area (Å²) >= 11 is 0. The number of ether oxygens (including phenoxy) is 1. The van der Waals surface area contributed by atoms with E-state index in [0.29, 0.717) is 22.8 Å². The average Bonchev–Trinajstić information content (AvgIpc) is 2.77. The van der Waals surface area contributed by atoms with Crippen molar-refractivity contribution in [3.05, 3.63) is 90.0 Å². The van der Waals surface area contributed by atoms with E-state index in [0.717, 1.165) is 11.1 Å². The molecule has 4 N–H and O–H groups in total. The number of hydrogen-bond acceptors (Lipinski definition) is 8. The standard InChI is InChI=1S/C24H23FN6O2S/c1-34(27,32)14-17-5-3-7-20(11-17)30-24-29-15-28-23(31-24)21-9-8-18(25)12-22(21)33-13-16-4-2-6-19(26)10-16/h2-12,15,27H,13-14,26H2,1H3,(H,28,29,30,31). The summed E-state index contributed by atoms with van der Waals surface area (Å²) in [6.07, 6.45) is 2.75. The van der Waals surface area contributed by atoms with E-state index in [1.54, 1.807) is 30.3 Å². The van der Waals surface area contributed by atoms with E-state index in [-0.39, 0.29) is 24.1 Å². The fraction of sp³-hybridized carbons (Fsp3) is 0.125. The van der Waals surface area contributed by atoms with E-state index in [4.69, 9.17) is 15.3 Å². The molecular formula is C24H23FN6O2S. The van der Waals surface area contributed by atoms with E-state index >= 15 is 0 Å². The van der Waals surface area contributed by atoms with E-state index in [1.807, 2.05) is 24.3 Å². The summed E-state index contributed by atoms with van der Waals surface area (Å²) in [5.41, 5.74) is 9.22. The highest BCUT2D eigenvalue weighted by Gasteiger charge is 2.13. The largest absolute Gasteiger partial charge is 0.488 e. The maximum absolute atomic E-state index is 14.0. The fourth-order valence-corrected chi connectivity index (χ4v) is 4.13. The molecule has 0 saturated heterocycles. The Hall–Kier alpha value is -4.05. The number of nitrogen functional groups attached to an aromatic ring is 1. The smallest absolute Gasteiger partial charge is 0.230 e. The van der Waals surface area contributed by atoms with E-state index in [9.17, 15) is 8.60 Å². The molecule has 34 heavy (non-hydrogen) atoms. The maximum atomic E-state index is 14.0. The number of nitrogens with zero attached hydrogens (tertiary/aromatic N) is 3. The normalized spacial score (nSPS) is 12.6. The molecule has 1 atom stereocenters. The molecule has 1 aromatic heterocycles. The zero-order chi connectivity index (χ0) is 24.1. The first kappa shape index (κ1) is 23.1. The lowest BCUT2D eigenvalue weighted by atomic mass is 10.1. The van der Waals surface area contributed by atoms with Gasteiger partial charge in [-0.25, -0.2) is 18.6 Å². The Bertz CT molecular complexity index is 1430. The van der Waals surface area contributed by atoms with Gasteiger partial charge in [0.1, 0.15) is 24.5 Å². The lowest BCUT2D eigenvalue weighted by Crippen LogP contribution is -2.03. The Morgan fingerprint density at radius 1 is 1.06 bits per heavy atom. The van der Waals surface area contributed by atoms with Crippen molar-refractivity contribution >= 4 is 27.1 Å². The molecule has 0 aliphatic rings. The van der Waals surface area contributed by atoms with E-state index < -0.39 is 15.5 Å². The minimum absolute atomic E-state index is 0.147. The zero-order valence-electron chi connectivity index (χ0n) is 18.4. The van der Waals surface area contributed by atoms with Crippen molar-refractivity contribution in [2.24, 2.45) is 0 Å². The molecule has 0 radical (unpaired) electrons. The molecule has 0 fully saturated rings. The Kier molecular flexibility index (Phi) is 6.69. The Morgan fingerprint density at radius 3 is 2.65 bits per heavy atom. The molecule has 1 heterocycles. The molecule has 0 aliphatic carbocycles. The van der Waals surface area contributed by atoms with Crippen LogP contribution in [0.4, 0.5) is 21.7 Å². The third-order valence-corrected chi connectivity index (χ3v) is 5.61. The lowest BCUT2D eigenvalue weighted by Gasteiger charge is -2.12. The summed E-state index contributed by atoms with van der Waals surface area (Å²) in [6.45, 7) is 0.196. The quantitative estimate of drug-likeness (QED) is 0.312. The van der Waals surface area contributed by atoms with Crippen molar-refractivity contribution in [3.63, 3.8) is 0 Å². The molecule has 0 bridgehead atoms. The molecule has 0 spiro atoms. The molecule has 3 aromatic carbocycles. The van der Waals surface area contributed by atoms with Gasteiger partial charge in [-0.3, -0.25) is 4.78 Å². The summed E-state index contributed by atoms with van der Waals surface area (Å²) in [6, 6.07) is 18.6. The minimum atomic E-state index is -2.67. The van der Waals surface area contributed by atoms with Crippen LogP contribution >= 0.6 is 0 Å².